The molecular weight excluding hydrogens is 1010 g/mol. The summed E-state index contributed by atoms with van der Waals surface area (Å²) in [6, 6.07) is 16.7. The Bertz CT molecular complexity index is 2700. The first kappa shape index (κ1) is 64.0. The van der Waals surface area contributed by atoms with E-state index >= 15 is 0 Å². The molecule has 21 heteroatoms. The van der Waals surface area contributed by atoms with E-state index in [2.05, 4.69) is 21.3 Å². The van der Waals surface area contributed by atoms with Crippen molar-refractivity contribution in [2.75, 3.05) is 52.8 Å². The van der Waals surface area contributed by atoms with Crippen molar-refractivity contribution in [3.8, 4) is 17.2 Å². The summed E-state index contributed by atoms with van der Waals surface area (Å²) in [6.07, 6.45) is 5.65. The van der Waals surface area contributed by atoms with E-state index in [0.717, 1.165) is 12.8 Å². The third kappa shape index (κ3) is 20.3. The Labute approximate surface area is 462 Å². The number of primary amides is 1. The van der Waals surface area contributed by atoms with Crippen LogP contribution in [0, 0.1) is 0 Å². The summed E-state index contributed by atoms with van der Waals surface area (Å²) in [5.74, 6) is -3.23. The SMILES string of the molecule is COc1ccc(CC(=O)[C@H](CCCCN)NC(=O)c2cc(CC(=O)[C@H](CCCCN)NC(=O)c3cc(CC(=O)[C@H](CCCCN)NC(=O)c4ccc(NC(=O)[C@@H](N)CCCCN)cc4)ccc3OC)ccc2OC)cc1C(N)=O. The maximum Gasteiger partial charge on any atom is 0.255 e. The van der Waals surface area contributed by atoms with Gasteiger partial charge in [-0.3, -0.25) is 38.4 Å². The second-order valence-electron chi connectivity index (χ2n) is 19.3. The summed E-state index contributed by atoms with van der Waals surface area (Å²) >= 11 is 0. The Hall–Kier alpha value is -7.56. The summed E-state index contributed by atoms with van der Waals surface area (Å²) in [5.41, 5.74) is 36.8. The van der Waals surface area contributed by atoms with E-state index in [9.17, 15) is 38.4 Å². The van der Waals surface area contributed by atoms with Crippen LogP contribution in [-0.4, -0.2) is 119 Å². The Balaban J connectivity index is 1.51. The van der Waals surface area contributed by atoms with Gasteiger partial charge in [0.1, 0.15) is 17.2 Å². The van der Waals surface area contributed by atoms with E-state index in [-0.39, 0.29) is 94.9 Å². The fourth-order valence-corrected chi connectivity index (χ4v) is 8.83. The van der Waals surface area contributed by atoms with Gasteiger partial charge in [-0.05, 0) is 174 Å². The van der Waals surface area contributed by atoms with Crippen LogP contribution in [0.3, 0.4) is 0 Å². The second-order valence-corrected chi connectivity index (χ2v) is 19.3. The van der Waals surface area contributed by atoms with E-state index in [1.165, 1.54) is 51.7 Å². The predicted molar refractivity (Wildman–Crippen MR) is 302 cm³/mol. The molecule has 0 radical (unpaired) electrons. The van der Waals surface area contributed by atoms with Crippen LogP contribution in [0.15, 0.2) is 78.9 Å². The lowest BCUT2D eigenvalue weighted by atomic mass is 9.95. The molecule has 79 heavy (non-hydrogen) atoms. The maximum absolute atomic E-state index is 14.3. The number of unbranched alkanes of at least 4 members (excludes halogenated alkanes) is 4. The number of ether oxygens (including phenoxy) is 3. The van der Waals surface area contributed by atoms with Crippen molar-refractivity contribution in [1.82, 2.24) is 16.0 Å². The van der Waals surface area contributed by atoms with Crippen molar-refractivity contribution in [3.63, 3.8) is 0 Å². The predicted octanol–water partition coefficient (Wildman–Crippen LogP) is 3.32. The first-order chi connectivity index (χ1) is 38.0. The maximum atomic E-state index is 14.3. The van der Waals surface area contributed by atoms with E-state index < -0.39 is 47.8 Å². The average molecular weight is 1090 g/mol. The Kier molecular flexibility index (Phi) is 27.3. The molecule has 0 aliphatic rings. The molecule has 0 unspecified atom stereocenters. The van der Waals surface area contributed by atoms with Gasteiger partial charge in [0.15, 0.2) is 17.3 Å². The first-order valence-electron chi connectivity index (χ1n) is 26.8. The Morgan fingerprint density at radius 3 is 1.14 bits per heavy atom. The van der Waals surface area contributed by atoms with Gasteiger partial charge in [0.05, 0.1) is 62.2 Å². The lowest BCUT2D eigenvalue weighted by Crippen LogP contribution is -2.42. The van der Waals surface area contributed by atoms with Crippen LogP contribution in [0.25, 0.3) is 0 Å². The molecule has 21 nitrogen and oxygen atoms in total. The lowest BCUT2D eigenvalue weighted by Gasteiger charge is -2.21. The molecular formula is C58H80N10O11. The van der Waals surface area contributed by atoms with E-state index in [1.54, 1.807) is 48.5 Å². The fourth-order valence-electron chi connectivity index (χ4n) is 8.83. The highest BCUT2D eigenvalue weighted by Crippen LogP contribution is 2.25. The summed E-state index contributed by atoms with van der Waals surface area (Å²) in [6.45, 7) is 1.63. The second kappa shape index (κ2) is 33.7. The largest absolute Gasteiger partial charge is 0.496 e. The highest BCUT2D eigenvalue weighted by Gasteiger charge is 2.28. The van der Waals surface area contributed by atoms with Crippen molar-refractivity contribution in [2.24, 2.45) is 34.4 Å². The summed E-state index contributed by atoms with van der Waals surface area (Å²) < 4.78 is 16.3. The van der Waals surface area contributed by atoms with Crippen LogP contribution in [0.4, 0.5) is 5.69 Å². The molecule has 0 bridgehead atoms. The van der Waals surface area contributed by atoms with Crippen LogP contribution >= 0.6 is 0 Å². The molecule has 0 aliphatic heterocycles. The Morgan fingerprint density at radius 2 is 0.785 bits per heavy atom. The minimum Gasteiger partial charge on any atom is -0.496 e. The van der Waals surface area contributed by atoms with Crippen LogP contribution in [0.1, 0.15) is 135 Å². The zero-order valence-electron chi connectivity index (χ0n) is 45.7. The first-order valence-corrected chi connectivity index (χ1v) is 26.8. The Morgan fingerprint density at radius 1 is 0.443 bits per heavy atom. The number of anilines is 1. The highest BCUT2D eigenvalue weighted by molar-refractivity contribution is 6.03. The summed E-state index contributed by atoms with van der Waals surface area (Å²) in [7, 11) is 4.18. The summed E-state index contributed by atoms with van der Waals surface area (Å²) in [5, 5.41) is 11.3. The number of carbonyl (C=O) groups is 8. The zero-order chi connectivity index (χ0) is 57.9. The number of amides is 5. The topological polar surface area (TPSA) is 368 Å². The van der Waals surface area contributed by atoms with E-state index in [4.69, 9.17) is 48.6 Å². The normalized spacial score (nSPS) is 12.5. The molecule has 0 saturated heterocycles. The molecule has 0 fully saturated rings. The van der Waals surface area contributed by atoms with Crippen molar-refractivity contribution < 1.29 is 52.6 Å². The van der Waals surface area contributed by atoms with Crippen molar-refractivity contribution in [1.29, 1.82) is 0 Å². The van der Waals surface area contributed by atoms with Gasteiger partial charge in [-0.15, -0.1) is 0 Å². The van der Waals surface area contributed by atoms with Crippen LogP contribution in [0.2, 0.25) is 0 Å². The number of ketones is 3. The van der Waals surface area contributed by atoms with E-state index in [0.29, 0.717) is 99.9 Å². The number of nitrogens with one attached hydrogen (secondary N) is 4. The molecule has 4 aromatic rings. The molecule has 0 heterocycles. The zero-order valence-corrected chi connectivity index (χ0v) is 45.7. The highest BCUT2D eigenvalue weighted by atomic mass is 16.5. The standard InChI is InChI=1S/C58H80N10O11/c1-77-51-23-16-36(30-41(51)54(64)72)33-49(70)46(14-6-10-28-61)67-56(74)43-32-38(18-25-53(43)79-3)35-50(71)47(15-7-11-29-62)68-57(75)42-31-37(17-24-52(42)78-2)34-48(69)45(13-5-9-27-60)66-55(73)39-19-21-40(22-20-39)65-58(76)44(63)12-4-8-26-59/h16-25,30-32,44-47H,4-15,26-29,33-35,59-63H2,1-3H3,(H2,64,72)(H,65,76)(H,66,73)(H,67,74)(H,68,75)/t44-,45-,46-,47-/m0/s1. The third-order valence-corrected chi connectivity index (χ3v) is 13.3. The van der Waals surface area contributed by atoms with E-state index in [1.807, 2.05) is 0 Å². The lowest BCUT2D eigenvalue weighted by molar-refractivity contribution is -0.121. The number of benzene rings is 4. The van der Waals surface area contributed by atoms with Gasteiger partial charge >= 0.3 is 0 Å². The van der Waals surface area contributed by atoms with Crippen LogP contribution in [-0.2, 0) is 38.4 Å². The third-order valence-electron chi connectivity index (χ3n) is 13.3. The van der Waals surface area contributed by atoms with Gasteiger partial charge in [-0.25, -0.2) is 0 Å². The molecule has 5 amide bonds. The number of rotatable bonds is 37. The van der Waals surface area contributed by atoms with Crippen LogP contribution in [0.5, 0.6) is 17.2 Å². The number of methoxy groups -OCH3 is 3. The number of hydrogen-bond donors (Lipinski definition) is 10. The van der Waals surface area contributed by atoms with Crippen molar-refractivity contribution >= 4 is 52.6 Å². The van der Waals surface area contributed by atoms with Gasteiger partial charge in [-0.2, -0.15) is 0 Å². The smallest absolute Gasteiger partial charge is 0.255 e. The molecule has 428 valence electrons. The van der Waals surface area contributed by atoms with Crippen molar-refractivity contribution in [3.05, 3.63) is 118 Å². The quantitative estimate of drug-likeness (QED) is 0.0290. The average Bonchev–Trinajstić information content (AvgIpc) is 3.44. The number of hydrogen-bond acceptors (Lipinski definition) is 16. The minimum atomic E-state index is -1.01. The molecule has 4 aromatic carbocycles. The molecule has 16 N–H and O–H groups in total. The molecule has 0 aliphatic carbocycles. The molecule has 0 saturated carbocycles. The van der Waals surface area contributed by atoms with Crippen molar-refractivity contribution in [2.45, 2.75) is 120 Å². The van der Waals surface area contributed by atoms with Gasteiger partial charge in [0, 0.05) is 30.5 Å². The van der Waals surface area contributed by atoms with Crippen LogP contribution < -0.4 is 69.9 Å². The molecule has 0 aromatic heterocycles. The minimum absolute atomic E-state index is 0.0658. The van der Waals surface area contributed by atoms with Gasteiger partial charge in [-0.1, -0.05) is 24.6 Å². The van der Waals surface area contributed by atoms with Gasteiger partial charge < -0.3 is 69.9 Å². The molecule has 4 atom stereocenters. The molecule has 4 rings (SSSR count). The number of nitrogens with two attached hydrogens (primary N) is 6. The number of carbonyl (C=O) groups excluding carboxylic acids is 8. The monoisotopic (exact) mass is 1090 g/mol. The van der Waals surface area contributed by atoms with Gasteiger partial charge in [0.2, 0.25) is 5.91 Å². The van der Waals surface area contributed by atoms with Gasteiger partial charge in [0.25, 0.3) is 23.6 Å². The summed E-state index contributed by atoms with van der Waals surface area (Å²) in [4.78, 5) is 109. The number of Topliss-reactive ketones (excluding diaryl/α,β-unsaturated/α-hetero) is 3. The fraction of sp³-hybridized carbons (Fsp3) is 0.448. The molecule has 0 spiro atoms.